The third-order valence-corrected chi connectivity index (χ3v) is 2.92. The molecule has 0 aliphatic rings. The van der Waals surface area contributed by atoms with Crippen LogP contribution in [0.25, 0.3) is 16.8 Å². The monoisotopic (exact) mass is 274 g/mol. The van der Waals surface area contributed by atoms with Crippen molar-refractivity contribution in [3.05, 3.63) is 72.3 Å². The van der Waals surface area contributed by atoms with Gasteiger partial charge < -0.3 is 0 Å². The normalized spacial score (nSPS) is 10.8. The van der Waals surface area contributed by atoms with E-state index in [1.54, 1.807) is 18.3 Å². The lowest BCUT2D eigenvalue weighted by atomic mass is 10.1. The van der Waals surface area contributed by atoms with Crippen LogP contribution in [0.3, 0.4) is 0 Å². The lowest BCUT2D eigenvalue weighted by Crippen LogP contribution is -1.98. The van der Waals surface area contributed by atoms with Crippen LogP contribution in [0.15, 0.2) is 54.9 Å². The molecule has 0 aliphatic heterocycles. The van der Waals surface area contributed by atoms with Gasteiger partial charge in [0.1, 0.15) is 17.3 Å². The van der Waals surface area contributed by atoms with E-state index >= 15 is 0 Å². The number of hydrogen-bond acceptors (Lipinski definition) is 1. The molecule has 1 heterocycles. The summed E-state index contributed by atoms with van der Waals surface area (Å²) in [6, 6.07) is 9.17. The van der Waals surface area contributed by atoms with Crippen LogP contribution >= 0.6 is 0 Å². The van der Waals surface area contributed by atoms with Crippen LogP contribution in [-0.4, -0.2) is 9.78 Å². The summed E-state index contributed by atoms with van der Waals surface area (Å²) < 4.78 is 40.7. The molecule has 20 heavy (non-hydrogen) atoms. The Hall–Kier alpha value is -2.56. The fourth-order valence-electron chi connectivity index (χ4n) is 1.91. The Morgan fingerprint density at radius 1 is 0.800 bits per heavy atom. The van der Waals surface area contributed by atoms with Gasteiger partial charge in [0, 0.05) is 17.8 Å². The van der Waals surface area contributed by atoms with Gasteiger partial charge in [-0.25, -0.2) is 17.9 Å². The highest BCUT2D eigenvalue weighted by Crippen LogP contribution is 2.21. The zero-order valence-electron chi connectivity index (χ0n) is 10.2. The van der Waals surface area contributed by atoms with Gasteiger partial charge in [0.25, 0.3) is 0 Å². The van der Waals surface area contributed by atoms with Crippen molar-refractivity contribution in [2.75, 3.05) is 0 Å². The first-order valence-electron chi connectivity index (χ1n) is 5.89. The van der Waals surface area contributed by atoms with E-state index in [9.17, 15) is 13.2 Å². The maximum atomic E-state index is 13.7. The van der Waals surface area contributed by atoms with E-state index in [0.717, 1.165) is 17.7 Å². The second-order valence-electron chi connectivity index (χ2n) is 4.28. The summed E-state index contributed by atoms with van der Waals surface area (Å²) in [5.74, 6) is -1.67. The molecule has 2 aromatic carbocycles. The van der Waals surface area contributed by atoms with E-state index in [1.165, 1.54) is 29.1 Å². The van der Waals surface area contributed by atoms with Crippen LogP contribution in [-0.2, 0) is 0 Å². The fraction of sp³-hybridized carbons (Fsp3) is 0. The Balaban J connectivity index is 1.99. The van der Waals surface area contributed by atoms with Crippen LogP contribution in [0.4, 0.5) is 13.2 Å². The molecule has 0 amide bonds. The number of benzene rings is 2. The number of halogens is 3. The molecule has 0 spiro atoms. The van der Waals surface area contributed by atoms with E-state index in [1.807, 2.05) is 0 Å². The number of hydrogen-bond donors (Lipinski definition) is 0. The van der Waals surface area contributed by atoms with Crippen LogP contribution in [0.1, 0.15) is 0 Å². The highest BCUT2D eigenvalue weighted by Gasteiger charge is 2.08. The number of nitrogens with zero attached hydrogens (tertiary/aromatic N) is 2. The maximum Gasteiger partial charge on any atom is 0.151 e. The molecule has 0 saturated heterocycles. The molecule has 5 heteroatoms. The summed E-state index contributed by atoms with van der Waals surface area (Å²) in [5.41, 5.74) is 1.63. The minimum absolute atomic E-state index is 0.153. The molecule has 3 rings (SSSR count). The van der Waals surface area contributed by atoms with Gasteiger partial charge in [0.05, 0.1) is 6.20 Å². The summed E-state index contributed by atoms with van der Waals surface area (Å²) in [6.07, 6.45) is 3.14. The van der Waals surface area contributed by atoms with Crippen molar-refractivity contribution in [3.8, 4) is 16.8 Å². The van der Waals surface area contributed by atoms with Crippen LogP contribution < -0.4 is 0 Å². The fourth-order valence-corrected chi connectivity index (χ4v) is 1.91. The number of aromatic nitrogens is 2. The van der Waals surface area contributed by atoms with Gasteiger partial charge >= 0.3 is 0 Å². The molecule has 0 unspecified atom stereocenters. The first-order valence-corrected chi connectivity index (χ1v) is 5.89. The van der Waals surface area contributed by atoms with Gasteiger partial charge in [-0.3, -0.25) is 0 Å². The first kappa shape index (κ1) is 12.5. The summed E-state index contributed by atoms with van der Waals surface area (Å²) in [7, 11) is 0. The summed E-state index contributed by atoms with van der Waals surface area (Å²) >= 11 is 0. The van der Waals surface area contributed by atoms with Gasteiger partial charge in [-0.2, -0.15) is 5.10 Å². The Labute approximate surface area is 113 Å². The third kappa shape index (κ3) is 2.30. The second kappa shape index (κ2) is 4.85. The minimum atomic E-state index is -0.696. The van der Waals surface area contributed by atoms with Gasteiger partial charge in [-0.15, -0.1) is 0 Å². The zero-order valence-corrected chi connectivity index (χ0v) is 10.2. The molecule has 0 radical (unpaired) electrons. The van der Waals surface area contributed by atoms with Gasteiger partial charge in [-0.1, -0.05) is 12.1 Å². The minimum Gasteiger partial charge on any atom is -0.237 e. The topological polar surface area (TPSA) is 17.8 Å². The molecule has 3 aromatic rings. The van der Waals surface area contributed by atoms with E-state index in [0.29, 0.717) is 5.56 Å². The molecule has 0 fully saturated rings. The third-order valence-electron chi connectivity index (χ3n) is 2.92. The molecule has 0 aliphatic carbocycles. The molecule has 0 saturated carbocycles. The van der Waals surface area contributed by atoms with E-state index in [4.69, 9.17) is 0 Å². The predicted molar refractivity (Wildman–Crippen MR) is 68.9 cm³/mol. The van der Waals surface area contributed by atoms with Gasteiger partial charge in [-0.05, 0) is 29.8 Å². The molecule has 2 nitrogen and oxygen atoms in total. The zero-order chi connectivity index (χ0) is 14.1. The average Bonchev–Trinajstić information content (AvgIpc) is 2.89. The SMILES string of the molecule is Fc1ccc(-c2cnn(-c3ccc(F)cc3F)c2)cc1. The summed E-state index contributed by atoms with van der Waals surface area (Å²) in [6.45, 7) is 0. The first-order chi connectivity index (χ1) is 9.63. The number of rotatable bonds is 2. The highest BCUT2D eigenvalue weighted by molar-refractivity contribution is 5.62. The lowest BCUT2D eigenvalue weighted by Gasteiger charge is -2.02. The standard InChI is InChI=1S/C15H9F3N2/c16-12-3-1-10(2-4-12)11-8-19-20(9-11)15-6-5-13(17)7-14(15)18/h1-9H. The second-order valence-corrected chi connectivity index (χ2v) is 4.28. The van der Waals surface area contributed by atoms with Crippen LogP contribution in [0.5, 0.6) is 0 Å². The summed E-state index contributed by atoms with van der Waals surface area (Å²) in [4.78, 5) is 0. The van der Waals surface area contributed by atoms with Crippen molar-refractivity contribution in [1.82, 2.24) is 9.78 Å². The van der Waals surface area contributed by atoms with Crippen molar-refractivity contribution in [2.24, 2.45) is 0 Å². The van der Waals surface area contributed by atoms with Gasteiger partial charge in [0.15, 0.2) is 5.82 Å². The van der Waals surface area contributed by atoms with Gasteiger partial charge in [0.2, 0.25) is 0 Å². The molecule has 0 atom stereocenters. The lowest BCUT2D eigenvalue weighted by molar-refractivity contribution is 0.573. The Morgan fingerprint density at radius 2 is 1.50 bits per heavy atom. The van der Waals surface area contributed by atoms with Crippen molar-refractivity contribution >= 4 is 0 Å². The van der Waals surface area contributed by atoms with Crippen molar-refractivity contribution in [1.29, 1.82) is 0 Å². The Kier molecular flexibility index (Phi) is 3.02. The molecule has 1 aromatic heterocycles. The molecular formula is C15H9F3N2. The predicted octanol–water partition coefficient (Wildman–Crippen LogP) is 3.96. The van der Waals surface area contributed by atoms with E-state index < -0.39 is 11.6 Å². The molecular weight excluding hydrogens is 265 g/mol. The molecule has 0 N–H and O–H groups in total. The van der Waals surface area contributed by atoms with Crippen molar-refractivity contribution in [2.45, 2.75) is 0 Å². The quantitative estimate of drug-likeness (QED) is 0.691. The van der Waals surface area contributed by atoms with Crippen molar-refractivity contribution in [3.63, 3.8) is 0 Å². The average molecular weight is 274 g/mol. The summed E-state index contributed by atoms with van der Waals surface area (Å²) in [5, 5.41) is 4.04. The van der Waals surface area contributed by atoms with E-state index in [2.05, 4.69) is 5.10 Å². The van der Waals surface area contributed by atoms with Crippen molar-refractivity contribution < 1.29 is 13.2 Å². The maximum absolute atomic E-state index is 13.7. The molecule has 100 valence electrons. The largest absolute Gasteiger partial charge is 0.237 e. The Bertz CT molecular complexity index is 748. The Morgan fingerprint density at radius 3 is 2.20 bits per heavy atom. The van der Waals surface area contributed by atoms with E-state index in [-0.39, 0.29) is 11.5 Å². The molecule has 0 bridgehead atoms. The van der Waals surface area contributed by atoms with Crippen LogP contribution in [0, 0.1) is 17.5 Å². The highest BCUT2D eigenvalue weighted by atomic mass is 19.1. The van der Waals surface area contributed by atoms with Crippen LogP contribution in [0.2, 0.25) is 0 Å². The smallest absolute Gasteiger partial charge is 0.151 e.